The van der Waals surface area contributed by atoms with Gasteiger partial charge in [-0.15, -0.1) is 0 Å². The number of aryl methyl sites for hydroxylation is 1. The Morgan fingerprint density at radius 1 is 1.36 bits per heavy atom. The molecule has 22 heavy (non-hydrogen) atoms. The van der Waals surface area contributed by atoms with Crippen LogP contribution in [-0.2, 0) is 9.59 Å². The highest BCUT2D eigenvalue weighted by Gasteiger charge is 2.20. The average molecular weight is 325 g/mol. The van der Waals surface area contributed by atoms with Gasteiger partial charge in [0.2, 0.25) is 5.91 Å². The highest BCUT2D eigenvalue weighted by molar-refractivity contribution is 6.30. The van der Waals surface area contributed by atoms with E-state index < -0.39 is 6.10 Å². The molecule has 0 saturated carbocycles. The Kier molecular flexibility index (Phi) is 5.66. The number of carbonyl (C=O) groups excluding carboxylic acids is 2. The fraction of sp³-hybridized carbons (Fsp3) is 0.500. The summed E-state index contributed by atoms with van der Waals surface area (Å²) in [6, 6.07) is 5.22. The van der Waals surface area contributed by atoms with Crippen LogP contribution in [0.3, 0.4) is 0 Å². The van der Waals surface area contributed by atoms with Crippen molar-refractivity contribution in [1.29, 1.82) is 0 Å². The summed E-state index contributed by atoms with van der Waals surface area (Å²) in [6.07, 6.45) is 1.40. The highest BCUT2D eigenvalue weighted by Crippen LogP contribution is 2.22. The molecule has 1 unspecified atom stereocenters. The van der Waals surface area contributed by atoms with E-state index in [0.29, 0.717) is 10.8 Å². The fourth-order valence-electron chi connectivity index (χ4n) is 2.37. The topological polar surface area (TPSA) is 58.6 Å². The standard InChI is InChI=1S/C16H21ClN2O3/c1-11-9-13(17)5-6-14(11)22-12(2)16(21)18-10-15(20)19-7-3-4-8-19/h5-6,9,12H,3-4,7-8,10H2,1-2H3,(H,18,21). The van der Waals surface area contributed by atoms with Gasteiger partial charge < -0.3 is 15.0 Å². The molecule has 5 nitrogen and oxygen atoms in total. The molecule has 1 heterocycles. The van der Waals surface area contributed by atoms with E-state index in [1.165, 1.54) is 0 Å². The van der Waals surface area contributed by atoms with Crippen molar-refractivity contribution < 1.29 is 14.3 Å². The fourth-order valence-corrected chi connectivity index (χ4v) is 2.60. The maximum Gasteiger partial charge on any atom is 0.261 e. The van der Waals surface area contributed by atoms with E-state index >= 15 is 0 Å². The lowest BCUT2D eigenvalue weighted by Gasteiger charge is -2.18. The van der Waals surface area contributed by atoms with Gasteiger partial charge in [0.1, 0.15) is 5.75 Å². The molecule has 2 amide bonds. The van der Waals surface area contributed by atoms with Gasteiger partial charge in [0, 0.05) is 18.1 Å². The lowest BCUT2D eigenvalue weighted by molar-refractivity contribution is -0.134. The number of ether oxygens (including phenoxy) is 1. The van der Waals surface area contributed by atoms with Gasteiger partial charge in [0.05, 0.1) is 6.54 Å². The zero-order valence-electron chi connectivity index (χ0n) is 12.9. The number of rotatable bonds is 5. The third kappa shape index (κ3) is 4.37. The van der Waals surface area contributed by atoms with Crippen LogP contribution >= 0.6 is 11.6 Å². The molecule has 1 N–H and O–H groups in total. The van der Waals surface area contributed by atoms with Crippen LogP contribution < -0.4 is 10.1 Å². The van der Waals surface area contributed by atoms with E-state index in [-0.39, 0.29) is 18.4 Å². The monoisotopic (exact) mass is 324 g/mol. The molecule has 1 atom stereocenters. The summed E-state index contributed by atoms with van der Waals surface area (Å²) in [5, 5.41) is 3.25. The summed E-state index contributed by atoms with van der Waals surface area (Å²) in [7, 11) is 0. The number of nitrogens with one attached hydrogen (secondary N) is 1. The Bertz CT molecular complexity index is 556. The Balaban J connectivity index is 1.82. The number of likely N-dealkylation sites (tertiary alicyclic amines) is 1. The van der Waals surface area contributed by atoms with E-state index in [1.54, 1.807) is 30.0 Å². The minimum atomic E-state index is -0.675. The third-order valence-corrected chi connectivity index (χ3v) is 3.92. The van der Waals surface area contributed by atoms with E-state index in [0.717, 1.165) is 31.5 Å². The molecule has 1 aromatic carbocycles. The Morgan fingerprint density at radius 3 is 2.68 bits per heavy atom. The van der Waals surface area contributed by atoms with Crippen LogP contribution in [0.25, 0.3) is 0 Å². The molecule has 0 radical (unpaired) electrons. The van der Waals surface area contributed by atoms with Gasteiger partial charge in [-0.05, 0) is 50.5 Å². The normalized spacial score (nSPS) is 15.5. The number of amides is 2. The van der Waals surface area contributed by atoms with Gasteiger partial charge in [-0.1, -0.05) is 11.6 Å². The molecule has 1 aliphatic heterocycles. The first kappa shape index (κ1) is 16.6. The molecule has 1 aliphatic rings. The van der Waals surface area contributed by atoms with Crippen molar-refractivity contribution in [3.63, 3.8) is 0 Å². The second-order valence-corrected chi connectivity index (χ2v) is 5.91. The summed E-state index contributed by atoms with van der Waals surface area (Å²) >= 11 is 5.89. The second-order valence-electron chi connectivity index (χ2n) is 5.48. The predicted molar refractivity (Wildman–Crippen MR) is 85.1 cm³/mol. The van der Waals surface area contributed by atoms with Crippen LogP contribution in [0.2, 0.25) is 5.02 Å². The molecule has 6 heteroatoms. The minimum absolute atomic E-state index is 0.0200. The number of halogens is 1. The lowest BCUT2D eigenvalue weighted by Crippen LogP contribution is -2.43. The predicted octanol–water partition coefficient (Wildman–Crippen LogP) is 2.15. The molecule has 0 aliphatic carbocycles. The summed E-state index contributed by atoms with van der Waals surface area (Å²) in [6.45, 7) is 5.11. The number of carbonyl (C=O) groups is 2. The molecular weight excluding hydrogens is 304 g/mol. The molecule has 1 aromatic rings. The summed E-state index contributed by atoms with van der Waals surface area (Å²) in [5.74, 6) is 0.264. The summed E-state index contributed by atoms with van der Waals surface area (Å²) in [4.78, 5) is 25.7. The van der Waals surface area contributed by atoms with E-state index in [9.17, 15) is 9.59 Å². The number of hydrogen-bond donors (Lipinski definition) is 1. The molecule has 1 saturated heterocycles. The average Bonchev–Trinajstić information content (AvgIpc) is 3.01. The van der Waals surface area contributed by atoms with Crippen molar-refractivity contribution in [3.05, 3.63) is 28.8 Å². The summed E-state index contributed by atoms with van der Waals surface area (Å²) < 4.78 is 5.62. The maximum atomic E-state index is 12.0. The second kappa shape index (κ2) is 7.49. The Hall–Kier alpha value is -1.75. The molecular formula is C16H21ClN2O3. The molecule has 0 aromatic heterocycles. The molecule has 2 rings (SSSR count). The van der Waals surface area contributed by atoms with Crippen LogP contribution in [0.4, 0.5) is 0 Å². The van der Waals surface area contributed by atoms with E-state index in [4.69, 9.17) is 16.3 Å². The summed E-state index contributed by atoms with van der Waals surface area (Å²) in [5.41, 5.74) is 0.861. The van der Waals surface area contributed by atoms with Crippen molar-refractivity contribution in [2.45, 2.75) is 32.8 Å². The smallest absolute Gasteiger partial charge is 0.261 e. The number of nitrogens with zero attached hydrogens (tertiary/aromatic N) is 1. The van der Waals surface area contributed by atoms with Crippen LogP contribution in [0, 0.1) is 6.92 Å². The van der Waals surface area contributed by atoms with E-state index in [1.807, 2.05) is 6.92 Å². The maximum absolute atomic E-state index is 12.0. The van der Waals surface area contributed by atoms with Crippen molar-refractivity contribution in [1.82, 2.24) is 10.2 Å². The van der Waals surface area contributed by atoms with E-state index in [2.05, 4.69) is 5.32 Å². The zero-order valence-corrected chi connectivity index (χ0v) is 13.7. The molecule has 0 spiro atoms. The van der Waals surface area contributed by atoms with Gasteiger partial charge in [-0.25, -0.2) is 0 Å². The number of hydrogen-bond acceptors (Lipinski definition) is 3. The quantitative estimate of drug-likeness (QED) is 0.903. The van der Waals surface area contributed by atoms with Crippen LogP contribution in [0.15, 0.2) is 18.2 Å². The minimum Gasteiger partial charge on any atom is -0.481 e. The highest BCUT2D eigenvalue weighted by atomic mass is 35.5. The lowest BCUT2D eigenvalue weighted by atomic mass is 10.2. The Labute approximate surface area is 135 Å². The molecule has 1 fully saturated rings. The van der Waals surface area contributed by atoms with Crippen molar-refractivity contribution >= 4 is 23.4 Å². The van der Waals surface area contributed by atoms with Gasteiger partial charge in [-0.3, -0.25) is 9.59 Å². The SMILES string of the molecule is Cc1cc(Cl)ccc1OC(C)C(=O)NCC(=O)N1CCCC1. The molecule has 0 bridgehead atoms. The van der Waals surface area contributed by atoms with Crippen LogP contribution in [0.1, 0.15) is 25.3 Å². The van der Waals surface area contributed by atoms with Crippen molar-refractivity contribution in [3.8, 4) is 5.75 Å². The van der Waals surface area contributed by atoms with Crippen LogP contribution in [0.5, 0.6) is 5.75 Å². The first-order valence-electron chi connectivity index (χ1n) is 7.45. The van der Waals surface area contributed by atoms with Crippen molar-refractivity contribution in [2.24, 2.45) is 0 Å². The zero-order chi connectivity index (χ0) is 16.1. The third-order valence-electron chi connectivity index (χ3n) is 3.68. The Morgan fingerprint density at radius 2 is 2.05 bits per heavy atom. The van der Waals surface area contributed by atoms with Crippen molar-refractivity contribution in [2.75, 3.05) is 19.6 Å². The van der Waals surface area contributed by atoms with Crippen LogP contribution in [-0.4, -0.2) is 42.5 Å². The van der Waals surface area contributed by atoms with Gasteiger partial charge >= 0.3 is 0 Å². The first-order chi connectivity index (χ1) is 10.5. The first-order valence-corrected chi connectivity index (χ1v) is 7.83. The van der Waals surface area contributed by atoms with Gasteiger partial charge in [0.25, 0.3) is 5.91 Å². The van der Waals surface area contributed by atoms with Gasteiger partial charge in [-0.2, -0.15) is 0 Å². The largest absolute Gasteiger partial charge is 0.481 e. The number of benzene rings is 1. The molecule has 120 valence electrons. The van der Waals surface area contributed by atoms with Gasteiger partial charge in [0.15, 0.2) is 6.10 Å².